The molecule has 3 rings (SSSR count). The first kappa shape index (κ1) is 18.5. The number of carbonyl (C=O) groups is 1. The van der Waals surface area contributed by atoms with Crippen molar-refractivity contribution in [2.24, 2.45) is 0 Å². The Morgan fingerprint density at radius 3 is 2.58 bits per heavy atom. The molecule has 0 radical (unpaired) electrons. The first-order chi connectivity index (χ1) is 12.3. The van der Waals surface area contributed by atoms with E-state index in [2.05, 4.69) is 0 Å². The van der Waals surface area contributed by atoms with Crippen molar-refractivity contribution < 1.29 is 23.1 Å². The molecule has 0 bridgehead atoms. The fourth-order valence-electron chi connectivity index (χ4n) is 3.15. The molecule has 0 spiro atoms. The Morgan fingerprint density at radius 2 is 1.96 bits per heavy atom. The number of hydrogen-bond donors (Lipinski definition) is 1. The molecule has 1 amide bonds. The van der Waals surface area contributed by atoms with Gasteiger partial charge in [0, 0.05) is 24.0 Å². The predicted octanol–water partition coefficient (Wildman–Crippen LogP) is 3.65. The second-order valence-electron chi connectivity index (χ2n) is 6.08. The van der Waals surface area contributed by atoms with Crippen molar-refractivity contribution in [3.63, 3.8) is 0 Å². The van der Waals surface area contributed by atoms with Gasteiger partial charge in [-0.05, 0) is 42.3 Å². The largest absolute Gasteiger partial charge is 0.496 e. The third-order valence-corrected chi connectivity index (χ3v) is 6.50. The average molecular weight is 396 g/mol. The lowest BCUT2D eigenvalue weighted by Gasteiger charge is -2.17. The highest BCUT2D eigenvalue weighted by atomic mass is 35.5. The van der Waals surface area contributed by atoms with E-state index in [1.54, 1.807) is 18.2 Å². The van der Waals surface area contributed by atoms with E-state index in [1.165, 1.54) is 36.3 Å². The molecule has 1 N–H and O–H groups in total. The molecule has 2 aromatic carbocycles. The van der Waals surface area contributed by atoms with E-state index in [-0.39, 0.29) is 15.7 Å². The van der Waals surface area contributed by atoms with Crippen LogP contribution in [0.1, 0.15) is 17.9 Å². The summed E-state index contributed by atoms with van der Waals surface area (Å²) in [7, 11) is -2.26. The van der Waals surface area contributed by atoms with Gasteiger partial charge in [0.25, 0.3) is 0 Å². The molecular weight excluding hydrogens is 378 g/mol. The summed E-state index contributed by atoms with van der Waals surface area (Å²) in [5, 5.41) is 9.45. The Kier molecular flexibility index (Phi) is 5.11. The summed E-state index contributed by atoms with van der Waals surface area (Å²) in [5.74, 6) is 0.411. The van der Waals surface area contributed by atoms with Crippen molar-refractivity contribution in [3.05, 3.63) is 53.1 Å². The van der Waals surface area contributed by atoms with E-state index < -0.39 is 15.9 Å². The van der Waals surface area contributed by atoms with Crippen LogP contribution in [0.2, 0.25) is 5.02 Å². The van der Waals surface area contributed by atoms with Crippen molar-refractivity contribution in [2.45, 2.75) is 22.1 Å². The van der Waals surface area contributed by atoms with Gasteiger partial charge >= 0.3 is 6.09 Å². The molecule has 1 unspecified atom stereocenters. The van der Waals surface area contributed by atoms with Crippen LogP contribution in [0.25, 0.3) is 0 Å². The molecule has 0 saturated carbocycles. The Balaban J connectivity index is 1.96. The zero-order valence-electron chi connectivity index (χ0n) is 14.1. The molecule has 0 aliphatic carbocycles. The first-order valence-corrected chi connectivity index (χ1v) is 9.85. The number of ether oxygens (including phenoxy) is 1. The third-order valence-electron chi connectivity index (χ3n) is 4.52. The Hall–Kier alpha value is -2.25. The number of rotatable bonds is 4. The quantitative estimate of drug-likeness (QED) is 0.854. The van der Waals surface area contributed by atoms with Crippen molar-refractivity contribution in [1.82, 2.24) is 4.90 Å². The molecular formula is C18H18ClNO5S. The van der Waals surface area contributed by atoms with Crippen molar-refractivity contribution in [3.8, 4) is 5.75 Å². The number of halogens is 1. The number of hydrogen-bond acceptors (Lipinski definition) is 4. The maximum Gasteiger partial charge on any atom is 0.407 e. The van der Waals surface area contributed by atoms with E-state index in [1.807, 2.05) is 0 Å². The summed E-state index contributed by atoms with van der Waals surface area (Å²) in [6.45, 7) is 0.817. The van der Waals surface area contributed by atoms with Gasteiger partial charge in [-0.15, -0.1) is 0 Å². The van der Waals surface area contributed by atoms with Crippen LogP contribution in [-0.2, 0) is 9.84 Å². The number of methoxy groups -OCH3 is 1. The minimum atomic E-state index is -3.73. The minimum absolute atomic E-state index is 0.0241. The highest BCUT2D eigenvalue weighted by molar-refractivity contribution is 7.91. The summed E-state index contributed by atoms with van der Waals surface area (Å²) in [6.07, 6.45) is -0.283. The van der Waals surface area contributed by atoms with Crippen LogP contribution in [0.5, 0.6) is 5.75 Å². The molecule has 1 saturated heterocycles. The van der Waals surface area contributed by atoms with Crippen LogP contribution >= 0.6 is 11.6 Å². The highest BCUT2D eigenvalue weighted by Crippen LogP contribution is 2.36. The van der Waals surface area contributed by atoms with Crippen LogP contribution < -0.4 is 4.74 Å². The molecule has 1 fully saturated rings. The molecule has 2 aromatic rings. The second-order valence-corrected chi connectivity index (χ2v) is 8.46. The second kappa shape index (κ2) is 7.17. The summed E-state index contributed by atoms with van der Waals surface area (Å²) in [5.41, 5.74) is 0.807. The maximum absolute atomic E-state index is 12.8. The third kappa shape index (κ3) is 3.50. The number of benzene rings is 2. The predicted molar refractivity (Wildman–Crippen MR) is 96.9 cm³/mol. The number of sulfone groups is 1. The summed E-state index contributed by atoms with van der Waals surface area (Å²) < 4.78 is 31.0. The number of nitrogens with zero attached hydrogens (tertiary/aromatic N) is 1. The van der Waals surface area contributed by atoms with Crippen LogP contribution in [-0.4, -0.2) is 44.7 Å². The van der Waals surface area contributed by atoms with E-state index >= 15 is 0 Å². The van der Waals surface area contributed by atoms with Gasteiger partial charge in [0.1, 0.15) is 5.75 Å². The molecule has 1 heterocycles. The normalized spacial score (nSPS) is 17.3. The summed E-state index contributed by atoms with van der Waals surface area (Å²) in [4.78, 5) is 12.7. The number of amides is 1. The lowest BCUT2D eigenvalue weighted by atomic mass is 9.97. The zero-order valence-corrected chi connectivity index (χ0v) is 15.6. The Labute approximate surface area is 156 Å². The van der Waals surface area contributed by atoms with Crippen LogP contribution in [0.4, 0.5) is 4.79 Å². The zero-order chi connectivity index (χ0) is 18.9. The maximum atomic E-state index is 12.8. The molecule has 6 nitrogen and oxygen atoms in total. The van der Waals surface area contributed by atoms with Gasteiger partial charge in [0.05, 0.1) is 16.9 Å². The molecule has 26 heavy (non-hydrogen) atoms. The van der Waals surface area contributed by atoms with Crippen LogP contribution in [0.15, 0.2) is 52.3 Å². The molecule has 0 aromatic heterocycles. The first-order valence-electron chi connectivity index (χ1n) is 7.99. The van der Waals surface area contributed by atoms with Gasteiger partial charge in [0.15, 0.2) is 0 Å². The van der Waals surface area contributed by atoms with Gasteiger partial charge < -0.3 is 14.7 Å². The number of likely N-dealkylation sites (tertiary alicyclic amines) is 1. The van der Waals surface area contributed by atoms with E-state index in [9.17, 15) is 13.2 Å². The van der Waals surface area contributed by atoms with E-state index in [0.717, 1.165) is 5.56 Å². The van der Waals surface area contributed by atoms with Crippen LogP contribution in [0.3, 0.4) is 0 Å². The SMILES string of the molecule is COc1cc(S(=O)(=O)c2cccc(Cl)c2)ccc1C1CCN(C(=O)O)C1. The smallest absolute Gasteiger partial charge is 0.407 e. The summed E-state index contributed by atoms with van der Waals surface area (Å²) >= 11 is 5.91. The molecule has 8 heteroatoms. The number of carboxylic acid groups (broad SMARTS) is 1. The van der Waals surface area contributed by atoms with Crippen LogP contribution in [0, 0.1) is 0 Å². The monoisotopic (exact) mass is 395 g/mol. The van der Waals surface area contributed by atoms with Gasteiger partial charge in [-0.3, -0.25) is 0 Å². The molecule has 1 atom stereocenters. The lowest BCUT2D eigenvalue weighted by Crippen LogP contribution is -2.26. The standard InChI is InChI=1S/C18H18ClNO5S/c1-25-17-10-15(26(23,24)14-4-2-3-13(19)9-14)5-6-16(17)12-7-8-20(11-12)18(21)22/h2-6,9-10,12H,7-8,11H2,1H3,(H,21,22). The average Bonchev–Trinajstić information content (AvgIpc) is 3.11. The Morgan fingerprint density at radius 1 is 1.23 bits per heavy atom. The van der Waals surface area contributed by atoms with Gasteiger partial charge in [-0.1, -0.05) is 23.7 Å². The summed E-state index contributed by atoms with van der Waals surface area (Å²) in [6, 6.07) is 10.8. The van der Waals surface area contributed by atoms with Gasteiger partial charge in [0.2, 0.25) is 9.84 Å². The Bertz CT molecular complexity index is 944. The van der Waals surface area contributed by atoms with Crippen molar-refractivity contribution in [2.75, 3.05) is 20.2 Å². The van der Waals surface area contributed by atoms with Crippen molar-refractivity contribution in [1.29, 1.82) is 0 Å². The molecule has 1 aliphatic heterocycles. The van der Waals surface area contributed by atoms with Gasteiger partial charge in [-0.2, -0.15) is 0 Å². The van der Waals surface area contributed by atoms with E-state index in [4.69, 9.17) is 21.4 Å². The molecule has 138 valence electrons. The topological polar surface area (TPSA) is 83.9 Å². The fraction of sp³-hybridized carbons (Fsp3) is 0.278. The minimum Gasteiger partial charge on any atom is -0.496 e. The van der Waals surface area contributed by atoms with Crippen molar-refractivity contribution >= 4 is 27.5 Å². The molecule has 1 aliphatic rings. The highest BCUT2D eigenvalue weighted by Gasteiger charge is 2.30. The fourth-order valence-corrected chi connectivity index (χ4v) is 4.73. The van der Waals surface area contributed by atoms with E-state index in [0.29, 0.717) is 30.3 Å². The van der Waals surface area contributed by atoms with Gasteiger partial charge in [-0.25, -0.2) is 13.2 Å². The lowest BCUT2D eigenvalue weighted by molar-refractivity contribution is 0.155.